The Morgan fingerprint density at radius 2 is 2.29 bits per heavy atom. The number of nitrogens with zero attached hydrogens (tertiary/aromatic N) is 3. The number of imidazole rings is 1. The van der Waals surface area contributed by atoms with E-state index < -0.39 is 0 Å². The number of aromatic nitrogens is 3. The van der Waals surface area contributed by atoms with Crippen LogP contribution in [-0.4, -0.2) is 21.1 Å². The van der Waals surface area contributed by atoms with E-state index in [2.05, 4.69) is 33.7 Å². The van der Waals surface area contributed by atoms with Crippen LogP contribution in [0, 0.1) is 13.8 Å². The van der Waals surface area contributed by atoms with Crippen LogP contribution in [0.4, 0.5) is 0 Å². The van der Waals surface area contributed by atoms with Crippen molar-refractivity contribution in [3.05, 3.63) is 34.3 Å². The fraction of sp³-hybridized carbons (Fsp3) is 0.500. The first-order valence-corrected chi connectivity index (χ1v) is 6.66. The van der Waals surface area contributed by atoms with E-state index in [1.165, 1.54) is 4.88 Å². The molecule has 5 heteroatoms. The van der Waals surface area contributed by atoms with Gasteiger partial charge < -0.3 is 9.88 Å². The van der Waals surface area contributed by atoms with E-state index in [0.717, 1.165) is 36.8 Å². The Hall–Kier alpha value is -1.20. The van der Waals surface area contributed by atoms with Gasteiger partial charge in [-0.1, -0.05) is 0 Å². The van der Waals surface area contributed by atoms with Gasteiger partial charge in [-0.25, -0.2) is 9.97 Å². The van der Waals surface area contributed by atoms with Gasteiger partial charge in [0.2, 0.25) is 0 Å². The summed E-state index contributed by atoms with van der Waals surface area (Å²) >= 11 is 1.78. The Morgan fingerprint density at radius 1 is 1.41 bits per heavy atom. The number of thiazole rings is 1. The molecule has 0 atom stereocenters. The molecule has 92 valence electrons. The van der Waals surface area contributed by atoms with Gasteiger partial charge in [-0.2, -0.15) is 0 Å². The zero-order valence-corrected chi connectivity index (χ0v) is 11.1. The van der Waals surface area contributed by atoms with Crippen LogP contribution in [-0.2, 0) is 13.1 Å². The lowest BCUT2D eigenvalue weighted by molar-refractivity contribution is 0.582. The maximum Gasteiger partial charge on any atom is 0.0945 e. The lowest BCUT2D eigenvalue weighted by atomic mass is 10.3. The van der Waals surface area contributed by atoms with Crippen molar-refractivity contribution in [2.24, 2.45) is 0 Å². The summed E-state index contributed by atoms with van der Waals surface area (Å²) in [5.41, 5.74) is 1.16. The normalized spacial score (nSPS) is 10.9. The van der Waals surface area contributed by atoms with Gasteiger partial charge in [0.05, 0.1) is 17.0 Å². The van der Waals surface area contributed by atoms with Crippen molar-refractivity contribution in [3.8, 4) is 0 Å². The van der Waals surface area contributed by atoms with E-state index in [0.29, 0.717) is 0 Å². The summed E-state index contributed by atoms with van der Waals surface area (Å²) in [6.07, 6.45) is 6.79. The Morgan fingerprint density at radius 3 is 2.94 bits per heavy atom. The second-order valence-electron chi connectivity index (χ2n) is 4.07. The molecule has 0 aliphatic carbocycles. The molecule has 0 radical (unpaired) electrons. The SMILES string of the molecule is Cc1nc(C)c(CNCCCn2ccnc2)s1. The first kappa shape index (κ1) is 12.3. The lowest BCUT2D eigenvalue weighted by Gasteiger charge is -2.04. The molecule has 0 unspecified atom stereocenters. The second-order valence-corrected chi connectivity index (χ2v) is 5.36. The summed E-state index contributed by atoms with van der Waals surface area (Å²) in [5.74, 6) is 0. The van der Waals surface area contributed by atoms with Gasteiger partial charge in [-0.05, 0) is 26.8 Å². The van der Waals surface area contributed by atoms with Crippen LogP contribution < -0.4 is 5.32 Å². The summed E-state index contributed by atoms with van der Waals surface area (Å²) in [6, 6.07) is 0. The molecule has 2 aromatic heterocycles. The van der Waals surface area contributed by atoms with E-state index in [-0.39, 0.29) is 0 Å². The molecule has 0 saturated heterocycles. The van der Waals surface area contributed by atoms with Crippen LogP contribution in [0.5, 0.6) is 0 Å². The van der Waals surface area contributed by atoms with Crippen molar-refractivity contribution in [1.82, 2.24) is 19.9 Å². The number of hydrogen-bond acceptors (Lipinski definition) is 4. The molecule has 0 fully saturated rings. The molecule has 2 rings (SSSR count). The quantitative estimate of drug-likeness (QED) is 0.799. The number of rotatable bonds is 6. The summed E-state index contributed by atoms with van der Waals surface area (Å²) in [7, 11) is 0. The molecule has 17 heavy (non-hydrogen) atoms. The third kappa shape index (κ3) is 3.64. The van der Waals surface area contributed by atoms with Gasteiger partial charge in [-0.15, -0.1) is 11.3 Å². The minimum Gasteiger partial charge on any atom is -0.337 e. The Bertz CT molecular complexity index is 447. The Labute approximate surface area is 106 Å². The summed E-state index contributed by atoms with van der Waals surface area (Å²) < 4.78 is 2.10. The molecular weight excluding hydrogens is 232 g/mol. The van der Waals surface area contributed by atoms with Crippen molar-refractivity contribution < 1.29 is 0 Å². The van der Waals surface area contributed by atoms with Gasteiger partial charge in [0.15, 0.2) is 0 Å². The molecule has 0 aliphatic heterocycles. The van der Waals surface area contributed by atoms with Crippen LogP contribution in [0.3, 0.4) is 0 Å². The van der Waals surface area contributed by atoms with Crippen LogP contribution in [0.2, 0.25) is 0 Å². The number of aryl methyl sites for hydroxylation is 3. The molecule has 2 aromatic rings. The van der Waals surface area contributed by atoms with Crippen LogP contribution in [0.15, 0.2) is 18.7 Å². The number of hydrogen-bond donors (Lipinski definition) is 1. The van der Waals surface area contributed by atoms with E-state index >= 15 is 0 Å². The molecule has 0 saturated carbocycles. The zero-order valence-electron chi connectivity index (χ0n) is 10.3. The van der Waals surface area contributed by atoms with Crippen LogP contribution in [0.25, 0.3) is 0 Å². The highest BCUT2D eigenvalue weighted by atomic mass is 32.1. The molecule has 1 N–H and O–H groups in total. The monoisotopic (exact) mass is 250 g/mol. The number of nitrogens with one attached hydrogen (secondary N) is 1. The highest BCUT2D eigenvalue weighted by Crippen LogP contribution is 2.16. The van der Waals surface area contributed by atoms with E-state index in [4.69, 9.17) is 0 Å². The van der Waals surface area contributed by atoms with Crippen LogP contribution >= 0.6 is 11.3 Å². The highest BCUT2D eigenvalue weighted by Gasteiger charge is 2.03. The second kappa shape index (κ2) is 5.93. The van der Waals surface area contributed by atoms with Gasteiger partial charge in [-0.3, -0.25) is 0 Å². The average molecular weight is 250 g/mol. The van der Waals surface area contributed by atoms with Crippen molar-refractivity contribution >= 4 is 11.3 Å². The predicted octanol–water partition coefficient (Wildman–Crippen LogP) is 2.14. The fourth-order valence-corrected chi connectivity index (χ4v) is 2.65. The summed E-state index contributed by atoms with van der Waals surface area (Å²) in [6.45, 7) is 7.11. The van der Waals surface area contributed by atoms with E-state index in [9.17, 15) is 0 Å². The molecule has 4 nitrogen and oxygen atoms in total. The van der Waals surface area contributed by atoms with Crippen molar-refractivity contribution in [3.63, 3.8) is 0 Å². The lowest BCUT2D eigenvalue weighted by Crippen LogP contribution is -2.16. The molecule has 0 aromatic carbocycles. The molecule has 0 aliphatic rings. The predicted molar refractivity (Wildman–Crippen MR) is 70.1 cm³/mol. The van der Waals surface area contributed by atoms with Gasteiger partial charge >= 0.3 is 0 Å². The first-order chi connectivity index (χ1) is 8.25. The molecular formula is C12H18N4S. The molecule has 0 amide bonds. The minimum atomic E-state index is 0.932. The van der Waals surface area contributed by atoms with Crippen molar-refractivity contribution in [2.75, 3.05) is 6.54 Å². The van der Waals surface area contributed by atoms with Gasteiger partial charge in [0.25, 0.3) is 0 Å². The molecule has 0 spiro atoms. The topological polar surface area (TPSA) is 42.7 Å². The smallest absolute Gasteiger partial charge is 0.0945 e. The van der Waals surface area contributed by atoms with Crippen molar-refractivity contribution in [2.45, 2.75) is 33.4 Å². The third-order valence-corrected chi connectivity index (χ3v) is 3.69. The average Bonchev–Trinajstić information content (AvgIpc) is 2.89. The Kier molecular flexibility index (Phi) is 4.28. The Balaban J connectivity index is 1.65. The third-order valence-electron chi connectivity index (χ3n) is 2.61. The largest absolute Gasteiger partial charge is 0.337 e. The standard InChI is InChI=1S/C12H18N4S/c1-10-12(17-11(2)15-10)8-13-4-3-6-16-7-5-14-9-16/h5,7,9,13H,3-4,6,8H2,1-2H3. The van der Waals surface area contributed by atoms with E-state index in [1.54, 1.807) is 11.3 Å². The van der Waals surface area contributed by atoms with Crippen LogP contribution in [0.1, 0.15) is 22.0 Å². The van der Waals surface area contributed by atoms with E-state index in [1.807, 2.05) is 18.7 Å². The van der Waals surface area contributed by atoms with Gasteiger partial charge in [0.1, 0.15) is 0 Å². The maximum atomic E-state index is 4.42. The van der Waals surface area contributed by atoms with Gasteiger partial charge in [0, 0.05) is 30.4 Å². The zero-order chi connectivity index (χ0) is 12.1. The van der Waals surface area contributed by atoms with Crippen molar-refractivity contribution in [1.29, 1.82) is 0 Å². The summed E-state index contributed by atoms with van der Waals surface area (Å²) in [4.78, 5) is 9.79. The highest BCUT2D eigenvalue weighted by molar-refractivity contribution is 7.11. The maximum absolute atomic E-state index is 4.42. The fourth-order valence-electron chi connectivity index (χ4n) is 1.75. The summed E-state index contributed by atoms with van der Waals surface area (Å²) in [5, 5.41) is 4.61. The minimum absolute atomic E-state index is 0.932. The molecule has 0 bridgehead atoms. The molecule has 2 heterocycles. The first-order valence-electron chi connectivity index (χ1n) is 5.85.